The molecule has 0 bridgehead atoms. The van der Waals surface area contributed by atoms with Crippen LogP contribution < -0.4 is 5.73 Å². The van der Waals surface area contributed by atoms with Gasteiger partial charge in [-0.1, -0.05) is 19.1 Å². The largest absolute Gasteiger partial charge is 0.508 e. The molecule has 0 heterocycles. The van der Waals surface area contributed by atoms with E-state index in [4.69, 9.17) is 5.73 Å². The highest BCUT2D eigenvalue weighted by Gasteiger charge is 2.64. The van der Waals surface area contributed by atoms with Gasteiger partial charge in [-0.2, -0.15) is 0 Å². The quantitative estimate of drug-likeness (QED) is 0.426. The normalized spacial score (nSPS) is 32.7. The van der Waals surface area contributed by atoms with Gasteiger partial charge in [-0.15, -0.1) is 0 Å². The maximum Gasteiger partial charge on any atom is 0.255 e. The number of aliphatic hydroxyl groups is 3. The van der Waals surface area contributed by atoms with Crippen LogP contribution in [0.1, 0.15) is 30.4 Å². The van der Waals surface area contributed by atoms with Crippen LogP contribution in [0.4, 0.5) is 0 Å². The number of amides is 1. The van der Waals surface area contributed by atoms with E-state index >= 15 is 0 Å². The monoisotopic (exact) mass is 428 g/mol. The molecule has 0 aliphatic heterocycles. The number of rotatable bonds is 2. The summed E-state index contributed by atoms with van der Waals surface area (Å²) in [4.78, 5) is 40.0. The zero-order valence-electron chi connectivity index (χ0n) is 17.3. The van der Waals surface area contributed by atoms with Gasteiger partial charge in [0.1, 0.15) is 22.8 Å². The number of hydrogen-bond donors (Lipinski definition) is 5. The number of primary amides is 1. The summed E-state index contributed by atoms with van der Waals surface area (Å²) in [5, 5.41) is 43.5. The first-order chi connectivity index (χ1) is 14.4. The molecule has 3 aliphatic carbocycles. The maximum absolute atomic E-state index is 13.6. The van der Waals surface area contributed by atoms with Gasteiger partial charge < -0.3 is 26.2 Å². The Morgan fingerprint density at radius 3 is 2.42 bits per heavy atom. The van der Waals surface area contributed by atoms with Crippen molar-refractivity contribution in [1.82, 2.24) is 4.90 Å². The second-order valence-electron chi connectivity index (χ2n) is 8.70. The van der Waals surface area contributed by atoms with Crippen molar-refractivity contribution in [2.45, 2.75) is 30.9 Å². The van der Waals surface area contributed by atoms with Crippen LogP contribution in [0, 0.1) is 11.8 Å². The molecule has 1 amide bonds. The van der Waals surface area contributed by atoms with Gasteiger partial charge in [0, 0.05) is 11.5 Å². The SMILES string of the molecule is C[C@@H]1c2cccc(O)c2C(O)=C2C(=O)[C@]3(O)C(O)=C(C(N)=O)C(=O)C(N(C)C)[C@@H]3C[C@@H]21. The lowest BCUT2D eigenvalue weighted by molar-refractivity contribution is -0.154. The average molecular weight is 428 g/mol. The Kier molecular flexibility index (Phi) is 4.53. The number of nitrogens with zero attached hydrogens (tertiary/aromatic N) is 1. The predicted molar refractivity (Wildman–Crippen MR) is 109 cm³/mol. The number of likely N-dealkylation sites (N-methyl/N-ethyl adjacent to an activating group) is 1. The number of benzene rings is 1. The summed E-state index contributed by atoms with van der Waals surface area (Å²) in [6, 6.07) is 3.64. The Morgan fingerprint density at radius 1 is 1.19 bits per heavy atom. The Morgan fingerprint density at radius 2 is 1.84 bits per heavy atom. The first kappa shape index (κ1) is 21.1. The van der Waals surface area contributed by atoms with E-state index in [1.165, 1.54) is 11.0 Å². The number of Topliss-reactive ketones (excluding diaryl/α,β-unsaturated/α-hetero) is 2. The van der Waals surface area contributed by atoms with Crippen LogP contribution in [0.2, 0.25) is 0 Å². The van der Waals surface area contributed by atoms with Crippen LogP contribution in [0.3, 0.4) is 0 Å². The fourth-order valence-electron chi connectivity index (χ4n) is 5.50. The Hall–Kier alpha value is -3.17. The number of aromatic hydroxyl groups is 1. The molecule has 1 aromatic carbocycles. The number of hydrogen-bond acceptors (Lipinski definition) is 8. The molecular formula is C22H24N2O7. The van der Waals surface area contributed by atoms with E-state index in [-0.39, 0.29) is 29.2 Å². The summed E-state index contributed by atoms with van der Waals surface area (Å²) in [5.74, 6) is -6.82. The topological polar surface area (TPSA) is 161 Å². The third-order valence-electron chi connectivity index (χ3n) is 6.96. The van der Waals surface area contributed by atoms with Gasteiger partial charge in [0.15, 0.2) is 11.4 Å². The Labute approximate surface area is 178 Å². The fraction of sp³-hybridized carbons (Fsp3) is 0.409. The van der Waals surface area contributed by atoms with Gasteiger partial charge in [0.25, 0.3) is 5.91 Å². The fourth-order valence-corrected chi connectivity index (χ4v) is 5.50. The van der Waals surface area contributed by atoms with Crippen molar-refractivity contribution in [2.24, 2.45) is 17.6 Å². The zero-order chi connectivity index (χ0) is 23.0. The lowest BCUT2D eigenvalue weighted by atomic mass is 9.55. The van der Waals surface area contributed by atoms with Crippen molar-refractivity contribution in [2.75, 3.05) is 14.1 Å². The maximum atomic E-state index is 13.6. The van der Waals surface area contributed by atoms with Crippen LogP contribution in [-0.4, -0.2) is 68.5 Å². The van der Waals surface area contributed by atoms with Crippen LogP contribution in [0.5, 0.6) is 5.75 Å². The van der Waals surface area contributed by atoms with E-state index in [2.05, 4.69) is 0 Å². The number of phenolic OH excluding ortho intramolecular Hbond substituents is 1. The number of carbonyl (C=O) groups is 3. The molecule has 1 saturated carbocycles. The van der Waals surface area contributed by atoms with Crippen molar-refractivity contribution in [3.8, 4) is 5.75 Å². The van der Waals surface area contributed by atoms with Gasteiger partial charge in [-0.25, -0.2) is 0 Å². The number of aliphatic hydroxyl groups excluding tert-OH is 2. The number of phenols is 1. The Bertz CT molecular complexity index is 1100. The molecule has 164 valence electrons. The zero-order valence-corrected chi connectivity index (χ0v) is 17.3. The minimum absolute atomic E-state index is 0.0720. The highest BCUT2D eigenvalue weighted by Crippen LogP contribution is 2.55. The molecule has 5 atom stereocenters. The molecule has 0 aromatic heterocycles. The predicted octanol–water partition coefficient (Wildman–Crippen LogP) is 0.525. The lowest BCUT2D eigenvalue weighted by Gasteiger charge is -2.51. The summed E-state index contributed by atoms with van der Waals surface area (Å²) in [5.41, 5.74) is 2.42. The summed E-state index contributed by atoms with van der Waals surface area (Å²) in [7, 11) is 3.13. The molecule has 4 rings (SSSR count). The van der Waals surface area contributed by atoms with Crippen molar-refractivity contribution in [3.63, 3.8) is 0 Å². The van der Waals surface area contributed by atoms with Gasteiger partial charge in [0.2, 0.25) is 5.78 Å². The highest BCUT2D eigenvalue weighted by molar-refractivity contribution is 6.24. The molecule has 3 aliphatic rings. The summed E-state index contributed by atoms with van der Waals surface area (Å²) in [6.07, 6.45) is 0.0720. The van der Waals surface area contributed by atoms with Crippen LogP contribution in [0.25, 0.3) is 5.76 Å². The standard InChI is InChI=1S/C22H24N2O7/c1-8-9-5-4-6-12(25)13(9)17(26)14-10(8)7-11-16(24(2)3)18(27)15(21(23)30)20(29)22(11,31)19(14)28/h4-6,8,10-11,16,25-26,29,31H,7H2,1-3H3,(H2,23,30)/t8-,10-,11+,16?,22+/m1/s1. The minimum atomic E-state index is -2.62. The summed E-state index contributed by atoms with van der Waals surface area (Å²) in [6.45, 7) is 1.83. The molecule has 9 heteroatoms. The molecule has 0 radical (unpaired) electrons. The average Bonchev–Trinajstić information content (AvgIpc) is 2.68. The Balaban J connectivity index is 2.01. The number of ketones is 2. The van der Waals surface area contributed by atoms with Crippen molar-refractivity contribution in [1.29, 1.82) is 0 Å². The lowest BCUT2D eigenvalue weighted by Crippen LogP contribution is -2.65. The smallest absolute Gasteiger partial charge is 0.255 e. The van der Waals surface area contributed by atoms with Gasteiger partial charge in [0.05, 0.1) is 11.6 Å². The second-order valence-corrected chi connectivity index (χ2v) is 8.70. The first-order valence-electron chi connectivity index (χ1n) is 9.91. The van der Waals surface area contributed by atoms with Crippen LogP contribution >= 0.6 is 0 Å². The van der Waals surface area contributed by atoms with E-state index in [0.29, 0.717) is 5.56 Å². The summed E-state index contributed by atoms with van der Waals surface area (Å²) >= 11 is 0. The molecule has 1 fully saturated rings. The van der Waals surface area contributed by atoms with E-state index in [0.717, 1.165) is 0 Å². The number of nitrogens with two attached hydrogens (primary N) is 1. The highest BCUT2D eigenvalue weighted by atomic mass is 16.3. The van der Waals surface area contributed by atoms with E-state index in [1.54, 1.807) is 26.2 Å². The molecular weight excluding hydrogens is 404 g/mol. The first-order valence-corrected chi connectivity index (χ1v) is 9.91. The van der Waals surface area contributed by atoms with Crippen molar-refractivity contribution in [3.05, 3.63) is 46.2 Å². The molecule has 0 spiro atoms. The van der Waals surface area contributed by atoms with Gasteiger partial charge in [-0.05, 0) is 44.0 Å². The van der Waals surface area contributed by atoms with Crippen LogP contribution in [-0.2, 0) is 14.4 Å². The molecule has 1 unspecified atom stereocenters. The summed E-state index contributed by atoms with van der Waals surface area (Å²) < 4.78 is 0. The molecule has 1 aromatic rings. The van der Waals surface area contributed by atoms with Crippen LogP contribution in [0.15, 0.2) is 35.1 Å². The van der Waals surface area contributed by atoms with Gasteiger partial charge >= 0.3 is 0 Å². The second kappa shape index (κ2) is 6.66. The van der Waals surface area contributed by atoms with E-state index in [9.17, 15) is 34.8 Å². The number of carbonyl (C=O) groups excluding carboxylic acids is 3. The van der Waals surface area contributed by atoms with Crippen molar-refractivity contribution < 1.29 is 34.8 Å². The van der Waals surface area contributed by atoms with E-state index < -0.39 is 58.0 Å². The molecule has 9 nitrogen and oxygen atoms in total. The third-order valence-corrected chi connectivity index (χ3v) is 6.96. The van der Waals surface area contributed by atoms with E-state index in [1.807, 2.05) is 6.92 Å². The minimum Gasteiger partial charge on any atom is -0.508 e. The van der Waals surface area contributed by atoms with Gasteiger partial charge in [-0.3, -0.25) is 19.3 Å². The number of fused-ring (bicyclic) bond motifs is 3. The molecule has 31 heavy (non-hydrogen) atoms. The van der Waals surface area contributed by atoms with Crippen molar-refractivity contribution >= 4 is 23.2 Å². The molecule has 0 saturated heterocycles. The third kappa shape index (κ3) is 2.53. The molecule has 6 N–H and O–H groups in total.